The van der Waals surface area contributed by atoms with Crippen molar-refractivity contribution in [3.8, 4) is 0 Å². The standard InChI is InChI=1S/C12H25NO2/c1-11(8-15-2)13-9-12(10-14)6-4-3-5-7-12/h11,13-14H,3-10H2,1-2H3. The maximum Gasteiger partial charge on any atom is 0.0613 e. The highest BCUT2D eigenvalue weighted by Crippen LogP contribution is 2.35. The van der Waals surface area contributed by atoms with Gasteiger partial charge < -0.3 is 15.2 Å². The fourth-order valence-electron chi connectivity index (χ4n) is 2.39. The molecule has 0 spiro atoms. The van der Waals surface area contributed by atoms with Gasteiger partial charge in [-0.25, -0.2) is 0 Å². The van der Waals surface area contributed by atoms with E-state index in [1.807, 2.05) is 0 Å². The summed E-state index contributed by atoms with van der Waals surface area (Å²) in [5.41, 5.74) is 0.139. The van der Waals surface area contributed by atoms with Crippen molar-refractivity contribution in [3.63, 3.8) is 0 Å². The molecule has 2 N–H and O–H groups in total. The van der Waals surface area contributed by atoms with Crippen LogP contribution in [-0.4, -0.2) is 38.0 Å². The minimum absolute atomic E-state index is 0.139. The predicted molar refractivity (Wildman–Crippen MR) is 61.9 cm³/mol. The third-order valence-corrected chi connectivity index (χ3v) is 3.49. The van der Waals surface area contributed by atoms with E-state index in [1.54, 1.807) is 7.11 Å². The molecular formula is C12H25NO2. The lowest BCUT2D eigenvalue weighted by Crippen LogP contribution is -2.43. The Morgan fingerprint density at radius 2 is 2.00 bits per heavy atom. The maximum atomic E-state index is 9.51. The Bertz CT molecular complexity index is 167. The van der Waals surface area contributed by atoms with Gasteiger partial charge >= 0.3 is 0 Å². The molecule has 0 aromatic carbocycles. The van der Waals surface area contributed by atoms with Gasteiger partial charge in [0, 0.05) is 31.7 Å². The molecule has 1 unspecified atom stereocenters. The molecule has 15 heavy (non-hydrogen) atoms. The molecule has 0 aromatic rings. The van der Waals surface area contributed by atoms with Gasteiger partial charge in [-0.1, -0.05) is 19.3 Å². The number of rotatable bonds is 6. The number of methoxy groups -OCH3 is 1. The molecule has 3 heteroatoms. The van der Waals surface area contributed by atoms with Gasteiger partial charge in [-0.15, -0.1) is 0 Å². The van der Waals surface area contributed by atoms with Crippen LogP contribution in [0.2, 0.25) is 0 Å². The number of hydrogen-bond donors (Lipinski definition) is 2. The molecule has 1 fully saturated rings. The van der Waals surface area contributed by atoms with Gasteiger partial charge in [-0.2, -0.15) is 0 Å². The van der Waals surface area contributed by atoms with E-state index in [0.717, 1.165) is 26.0 Å². The second-order valence-corrected chi connectivity index (χ2v) is 4.96. The molecule has 1 rings (SSSR count). The first kappa shape index (κ1) is 12.9. The summed E-state index contributed by atoms with van der Waals surface area (Å²) in [4.78, 5) is 0. The van der Waals surface area contributed by atoms with Crippen molar-refractivity contribution in [1.82, 2.24) is 5.32 Å². The quantitative estimate of drug-likeness (QED) is 0.706. The molecule has 0 saturated heterocycles. The van der Waals surface area contributed by atoms with E-state index < -0.39 is 0 Å². The fraction of sp³-hybridized carbons (Fsp3) is 1.00. The molecule has 0 radical (unpaired) electrons. The van der Waals surface area contributed by atoms with Crippen molar-refractivity contribution in [2.24, 2.45) is 5.41 Å². The Hall–Kier alpha value is -0.120. The first-order chi connectivity index (χ1) is 7.22. The summed E-state index contributed by atoms with van der Waals surface area (Å²) in [6, 6.07) is 0.375. The maximum absolute atomic E-state index is 9.51. The molecule has 0 bridgehead atoms. The van der Waals surface area contributed by atoms with Crippen molar-refractivity contribution in [2.45, 2.75) is 45.1 Å². The smallest absolute Gasteiger partial charge is 0.0613 e. The molecule has 1 atom stereocenters. The summed E-state index contributed by atoms with van der Waals surface area (Å²) in [5, 5.41) is 13.0. The fourth-order valence-corrected chi connectivity index (χ4v) is 2.39. The van der Waals surface area contributed by atoms with Crippen LogP contribution in [0.15, 0.2) is 0 Å². The summed E-state index contributed by atoms with van der Waals surface area (Å²) in [6.07, 6.45) is 6.18. The lowest BCUT2D eigenvalue weighted by Gasteiger charge is -2.36. The van der Waals surface area contributed by atoms with Gasteiger partial charge in [-0.3, -0.25) is 0 Å². The highest BCUT2D eigenvalue weighted by Gasteiger charge is 2.31. The first-order valence-electron chi connectivity index (χ1n) is 6.06. The van der Waals surface area contributed by atoms with Crippen molar-refractivity contribution < 1.29 is 9.84 Å². The first-order valence-corrected chi connectivity index (χ1v) is 6.06. The van der Waals surface area contributed by atoms with E-state index in [2.05, 4.69) is 12.2 Å². The van der Waals surface area contributed by atoms with Crippen LogP contribution in [0.4, 0.5) is 0 Å². The van der Waals surface area contributed by atoms with Crippen LogP contribution < -0.4 is 5.32 Å². The molecule has 1 aliphatic rings. The zero-order valence-electron chi connectivity index (χ0n) is 10.1. The highest BCUT2D eigenvalue weighted by molar-refractivity contribution is 4.85. The lowest BCUT2D eigenvalue weighted by molar-refractivity contribution is 0.0734. The molecule has 90 valence electrons. The minimum atomic E-state index is 0.139. The Balaban J connectivity index is 2.32. The molecule has 1 saturated carbocycles. The van der Waals surface area contributed by atoms with Crippen LogP contribution in [0.25, 0.3) is 0 Å². The molecule has 3 nitrogen and oxygen atoms in total. The van der Waals surface area contributed by atoms with Crippen molar-refractivity contribution in [3.05, 3.63) is 0 Å². The van der Waals surface area contributed by atoms with Gasteiger partial charge in [0.05, 0.1) is 6.61 Å². The highest BCUT2D eigenvalue weighted by atomic mass is 16.5. The normalized spacial score (nSPS) is 22.6. The van der Waals surface area contributed by atoms with Crippen LogP contribution >= 0.6 is 0 Å². The van der Waals surface area contributed by atoms with Crippen LogP contribution in [-0.2, 0) is 4.74 Å². The predicted octanol–water partition coefficient (Wildman–Crippen LogP) is 1.55. The third-order valence-electron chi connectivity index (χ3n) is 3.49. The summed E-state index contributed by atoms with van der Waals surface area (Å²) >= 11 is 0. The number of hydrogen-bond acceptors (Lipinski definition) is 3. The van der Waals surface area contributed by atoms with Gasteiger partial charge in [0.25, 0.3) is 0 Å². The van der Waals surface area contributed by atoms with E-state index in [9.17, 15) is 5.11 Å². The zero-order chi connectivity index (χ0) is 11.1. The molecule has 1 aliphatic carbocycles. The van der Waals surface area contributed by atoms with Crippen LogP contribution in [0.3, 0.4) is 0 Å². The molecular weight excluding hydrogens is 190 g/mol. The largest absolute Gasteiger partial charge is 0.396 e. The molecule has 0 heterocycles. The minimum Gasteiger partial charge on any atom is -0.396 e. The van der Waals surface area contributed by atoms with Crippen LogP contribution in [0.5, 0.6) is 0 Å². The summed E-state index contributed by atoms with van der Waals surface area (Å²) < 4.78 is 5.09. The Kier molecular flexibility index (Phi) is 5.58. The summed E-state index contributed by atoms with van der Waals surface area (Å²) in [7, 11) is 1.72. The van der Waals surface area contributed by atoms with Gasteiger partial charge in [0.2, 0.25) is 0 Å². The van der Waals surface area contributed by atoms with Crippen LogP contribution in [0, 0.1) is 5.41 Å². The van der Waals surface area contributed by atoms with E-state index in [-0.39, 0.29) is 5.41 Å². The Morgan fingerprint density at radius 3 is 2.53 bits per heavy atom. The number of aliphatic hydroxyl groups is 1. The number of nitrogens with one attached hydrogen (secondary N) is 1. The molecule has 0 aromatic heterocycles. The Labute approximate surface area is 93.2 Å². The molecule has 0 amide bonds. The number of ether oxygens (including phenoxy) is 1. The van der Waals surface area contributed by atoms with E-state index in [1.165, 1.54) is 19.3 Å². The average molecular weight is 215 g/mol. The Morgan fingerprint density at radius 1 is 1.33 bits per heavy atom. The summed E-state index contributed by atoms with van der Waals surface area (Å²) in [5.74, 6) is 0. The number of aliphatic hydroxyl groups excluding tert-OH is 1. The van der Waals surface area contributed by atoms with Crippen molar-refractivity contribution >= 4 is 0 Å². The summed E-state index contributed by atoms with van der Waals surface area (Å²) in [6.45, 7) is 4.10. The van der Waals surface area contributed by atoms with E-state index >= 15 is 0 Å². The van der Waals surface area contributed by atoms with Crippen LogP contribution in [0.1, 0.15) is 39.0 Å². The zero-order valence-corrected chi connectivity index (χ0v) is 10.1. The van der Waals surface area contributed by atoms with Gasteiger partial charge in [0.15, 0.2) is 0 Å². The van der Waals surface area contributed by atoms with Gasteiger partial charge in [-0.05, 0) is 19.8 Å². The average Bonchev–Trinajstić information content (AvgIpc) is 2.28. The topological polar surface area (TPSA) is 41.5 Å². The van der Waals surface area contributed by atoms with E-state index in [0.29, 0.717) is 12.6 Å². The second-order valence-electron chi connectivity index (χ2n) is 4.96. The SMILES string of the molecule is COCC(C)NCC1(CO)CCCCC1. The van der Waals surface area contributed by atoms with Gasteiger partial charge in [0.1, 0.15) is 0 Å². The lowest BCUT2D eigenvalue weighted by atomic mass is 9.74. The van der Waals surface area contributed by atoms with Crippen molar-refractivity contribution in [2.75, 3.05) is 26.9 Å². The third kappa shape index (κ3) is 4.09. The monoisotopic (exact) mass is 215 g/mol. The van der Waals surface area contributed by atoms with E-state index in [4.69, 9.17) is 4.74 Å². The molecule has 0 aliphatic heterocycles. The second kappa shape index (κ2) is 6.46. The van der Waals surface area contributed by atoms with Crippen molar-refractivity contribution in [1.29, 1.82) is 0 Å².